The third-order valence-corrected chi connectivity index (χ3v) is 14.3. The number of rotatable bonds is 3. The van der Waals surface area contributed by atoms with E-state index < -0.39 is 7.14 Å². The fourth-order valence-corrected chi connectivity index (χ4v) is 11.7. The predicted octanol–water partition coefficient (Wildman–Crippen LogP) is 12.6. The summed E-state index contributed by atoms with van der Waals surface area (Å²) in [6, 6.07) is 66.9. The van der Waals surface area contributed by atoms with Crippen LogP contribution in [0.4, 0.5) is 0 Å². The predicted molar refractivity (Wildman–Crippen MR) is 226 cm³/mol. The zero-order valence-corrected chi connectivity index (χ0v) is 29.1. The van der Waals surface area contributed by atoms with E-state index in [1.807, 2.05) is 0 Å². The fraction of sp³-hybridized carbons (Fsp3) is 0. The minimum Gasteiger partial charge on any atom is -0.309 e. The molecule has 1 nitrogen and oxygen atoms in total. The normalized spacial score (nSPS) is 12.3. The lowest BCUT2D eigenvalue weighted by molar-refractivity contribution is 0.592. The maximum Gasteiger partial charge on any atom is 0.171 e. The van der Waals surface area contributed by atoms with Crippen LogP contribution in [0.3, 0.4) is 0 Å². The highest BCUT2D eigenvalue weighted by Gasteiger charge is 2.33. The Hall–Kier alpha value is -6.27. The average Bonchev–Trinajstić information content (AvgIpc) is 3.22. The summed E-state index contributed by atoms with van der Waals surface area (Å²) in [5, 5.41) is 21.0. The van der Waals surface area contributed by atoms with Gasteiger partial charge in [0, 0.05) is 15.9 Å². The Morgan fingerprint density at radius 3 is 1.13 bits per heavy atom. The lowest BCUT2D eigenvalue weighted by Crippen LogP contribution is -2.26. The summed E-state index contributed by atoms with van der Waals surface area (Å²) in [6.07, 6.45) is 0. The summed E-state index contributed by atoms with van der Waals surface area (Å²) in [5.41, 5.74) is 0. The maximum atomic E-state index is 17.0. The molecule has 11 rings (SSSR count). The van der Waals surface area contributed by atoms with Crippen molar-refractivity contribution in [2.75, 3.05) is 0 Å². The molecule has 242 valence electrons. The van der Waals surface area contributed by atoms with E-state index >= 15 is 4.57 Å². The number of hydrogen-bond acceptors (Lipinski definition) is 1. The molecule has 11 aromatic rings. The molecule has 0 saturated carbocycles. The minimum atomic E-state index is -3.53. The second-order valence-electron chi connectivity index (χ2n) is 13.9. The van der Waals surface area contributed by atoms with E-state index in [0.29, 0.717) is 0 Å². The summed E-state index contributed by atoms with van der Waals surface area (Å²) in [6.45, 7) is 0. The summed E-state index contributed by atoms with van der Waals surface area (Å²) in [4.78, 5) is 0. The molecular formula is C50H31OP. The number of benzene rings is 11. The van der Waals surface area contributed by atoms with Gasteiger partial charge >= 0.3 is 0 Å². The molecule has 0 aliphatic carbocycles. The Balaban J connectivity index is 1.33. The molecule has 0 amide bonds. The van der Waals surface area contributed by atoms with Crippen molar-refractivity contribution in [3.8, 4) is 0 Å². The van der Waals surface area contributed by atoms with Gasteiger partial charge in [-0.1, -0.05) is 170 Å². The van der Waals surface area contributed by atoms with Gasteiger partial charge in [-0.3, -0.25) is 0 Å². The molecule has 11 aromatic carbocycles. The summed E-state index contributed by atoms with van der Waals surface area (Å²) >= 11 is 0. The van der Waals surface area contributed by atoms with Gasteiger partial charge < -0.3 is 4.57 Å². The summed E-state index contributed by atoms with van der Waals surface area (Å²) in [5.74, 6) is 0. The Kier molecular flexibility index (Phi) is 6.30. The maximum absolute atomic E-state index is 17.0. The van der Waals surface area contributed by atoms with Gasteiger partial charge in [-0.25, -0.2) is 0 Å². The Labute approximate surface area is 300 Å². The lowest BCUT2D eigenvalue weighted by Gasteiger charge is -2.25. The average molecular weight is 679 g/mol. The molecule has 0 aliphatic rings. The van der Waals surface area contributed by atoms with Crippen molar-refractivity contribution < 1.29 is 4.57 Å². The molecule has 0 spiro atoms. The molecule has 0 bridgehead atoms. The van der Waals surface area contributed by atoms with E-state index in [-0.39, 0.29) is 0 Å². The zero-order chi connectivity index (χ0) is 34.4. The third-order valence-electron chi connectivity index (χ3n) is 11.3. The molecule has 0 N–H and O–H groups in total. The van der Waals surface area contributed by atoms with Crippen molar-refractivity contribution >= 4 is 109 Å². The first-order valence-electron chi connectivity index (χ1n) is 17.9. The van der Waals surface area contributed by atoms with Crippen molar-refractivity contribution in [2.45, 2.75) is 0 Å². The molecule has 0 radical (unpaired) electrons. The van der Waals surface area contributed by atoms with Gasteiger partial charge in [-0.15, -0.1) is 0 Å². The van der Waals surface area contributed by atoms with Crippen LogP contribution in [0.5, 0.6) is 0 Å². The molecule has 2 heteroatoms. The largest absolute Gasteiger partial charge is 0.309 e. The summed E-state index contributed by atoms with van der Waals surface area (Å²) in [7, 11) is -3.53. The van der Waals surface area contributed by atoms with Crippen LogP contribution in [0.1, 0.15) is 0 Å². The molecule has 0 atom stereocenters. The van der Waals surface area contributed by atoms with Crippen molar-refractivity contribution in [1.82, 2.24) is 0 Å². The van der Waals surface area contributed by atoms with Gasteiger partial charge in [-0.05, 0) is 104 Å². The first kappa shape index (κ1) is 29.5. The van der Waals surface area contributed by atoms with Crippen molar-refractivity contribution in [2.24, 2.45) is 0 Å². The van der Waals surface area contributed by atoms with Gasteiger partial charge in [0.15, 0.2) is 7.14 Å². The van der Waals surface area contributed by atoms with E-state index in [9.17, 15) is 0 Å². The van der Waals surface area contributed by atoms with Crippen LogP contribution in [0.15, 0.2) is 188 Å². The van der Waals surface area contributed by atoms with Crippen LogP contribution in [0.2, 0.25) is 0 Å². The lowest BCUT2D eigenvalue weighted by atomic mass is 9.91. The van der Waals surface area contributed by atoms with Gasteiger partial charge in [-0.2, -0.15) is 0 Å². The molecular weight excluding hydrogens is 648 g/mol. The van der Waals surface area contributed by atoms with Crippen LogP contribution in [0, 0.1) is 0 Å². The zero-order valence-electron chi connectivity index (χ0n) is 28.3. The van der Waals surface area contributed by atoms with Gasteiger partial charge in [0.1, 0.15) is 0 Å². The Morgan fingerprint density at radius 2 is 0.615 bits per heavy atom. The second-order valence-corrected chi connectivity index (χ2v) is 16.7. The SMILES string of the molecule is O=P(c1ccc2ccc3ccccc3c2c1)(c1ccc2ccc3ccccc3c2c1)c1cc2c3ccccc3c3ccccc3c2c2ccccc12. The molecule has 0 heterocycles. The van der Waals surface area contributed by atoms with Crippen molar-refractivity contribution in [1.29, 1.82) is 0 Å². The van der Waals surface area contributed by atoms with Crippen LogP contribution >= 0.6 is 7.14 Å². The Morgan fingerprint density at radius 1 is 0.269 bits per heavy atom. The topological polar surface area (TPSA) is 17.1 Å². The van der Waals surface area contributed by atoms with Crippen LogP contribution < -0.4 is 15.9 Å². The molecule has 0 aliphatic heterocycles. The van der Waals surface area contributed by atoms with Crippen molar-refractivity contribution in [3.05, 3.63) is 188 Å². The minimum absolute atomic E-state index is 0.838. The molecule has 0 unspecified atom stereocenters. The molecule has 0 fully saturated rings. The number of hydrogen-bond donors (Lipinski definition) is 0. The summed E-state index contributed by atoms with van der Waals surface area (Å²) < 4.78 is 17.0. The Bertz CT molecular complexity index is 3220. The molecule has 0 saturated heterocycles. The highest BCUT2D eigenvalue weighted by Crippen LogP contribution is 2.49. The quantitative estimate of drug-likeness (QED) is 0.134. The third kappa shape index (κ3) is 4.15. The van der Waals surface area contributed by atoms with E-state index in [1.165, 1.54) is 48.5 Å². The van der Waals surface area contributed by atoms with E-state index in [4.69, 9.17) is 0 Å². The smallest absolute Gasteiger partial charge is 0.171 e. The van der Waals surface area contributed by atoms with Crippen LogP contribution in [0.25, 0.3) is 86.2 Å². The number of fused-ring (bicyclic) bond motifs is 14. The standard InChI is InChI=1S/C50H31OP/c51-52(36-27-25-34-23-21-32-11-1-3-13-38(32)46(34)29-36,37-28-26-35-24-22-33-12-2-4-14-39(33)47(35)30-37)49-31-48-42-17-6-5-15-40(42)41-16-7-9-19-44(41)50(48)45-20-10-8-18-43(45)49/h1-31H. The highest BCUT2D eigenvalue weighted by atomic mass is 31.2. The van der Waals surface area contributed by atoms with Gasteiger partial charge in [0.25, 0.3) is 0 Å². The van der Waals surface area contributed by atoms with Crippen LogP contribution in [-0.2, 0) is 4.57 Å². The highest BCUT2D eigenvalue weighted by molar-refractivity contribution is 7.85. The van der Waals surface area contributed by atoms with Crippen molar-refractivity contribution in [3.63, 3.8) is 0 Å². The second kappa shape index (κ2) is 11.1. The first-order chi connectivity index (χ1) is 25.7. The van der Waals surface area contributed by atoms with Crippen LogP contribution in [-0.4, -0.2) is 0 Å². The van der Waals surface area contributed by atoms with E-state index in [1.54, 1.807) is 0 Å². The first-order valence-corrected chi connectivity index (χ1v) is 19.6. The van der Waals surface area contributed by atoms with E-state index in [2.05, 4.69) is 188 Å². The van der Waals surface area contributed by atoms with Gasteiger partial charge in [0.2, 0.25) is 0 Å². The molecule has 52 heavy (non-hydrogen) atoms. The van der Waals surface area contributed by atoms with Gasteiger partial charge in [0.05, 0.1) is 0 Å². The fourth-order valence-electron chi connectivity index (χ4n) is 8.81. The van der Waals surface area contributed by atoms with E-state index in [0.717, 1.165) is 53.6 Å². The molecule has 0 aromatic heterocycles. The monoisotopic (exact) mass is 678 g/mol.